The maximum atomic E-state index is 13.6. The largest absolute Gasteiger partial charge is 0.368 e. The van der Waals surface area contributed by atoms with Crippen LogP contribution in [-0.2, 0) is 11.2 Å². The molecule has 2 rings (SSSR count). The van der Waals surface area contributed by atoms with E-state index in [1.165, 1.54) is 6.07 Å². The number of benzene rings is 2. The molecule has 0 aliphatic carbocycles. The zero-order valence-electron chi connectivity index (χ0n) is 11.3. The van der Waals surface area contributed by atoms with E-state index >= 15 is 0 Å². The van der Waals surface area contributed by atoms with Gasteiger partial charge in [-0.3, -0.25) is 9.59 Å². The van der Waals surface area contributed by atoms with Crippen LogP contribution in [-0.4, -0.2) is 17.9 Å². The monoisotopic (exact) mass is 286 g/mol. The number of carbonyl (C=O) groups excluding carboxylic acids is 2. The highest BCUT2D eigenvalue weighted by Gasteiger charge is 2.20. The van der Waals surface area contributed by atoms with Gasteiger partial charge in [0.25, 0.3) is 5.91 Å². The minimum atomic E-state index is -0.963. The standard InChI is InChI=1S/C16H15FN2O2/c17-13-9-5-4-8-12(13)10-14(15(18)20)19-16(21)11-6-2-1-3-7-11/h1-9,14H,10H2,(H2,18,20)(H,19,21)/t14-/m0/s1. The lowest BCUT2D eigenvalue weighted by molar-refractivity contribution is -0.119. The molecule has 3 N–H and O–H groups in total. The third kappa shape index (κ3) is 3.89. The first kappa shape index (κ1) is 14.7. The molecule has 0 aliphatic heterocycles. The smallest absolute Gasteiger partial charge is 0.251 e. The van der Waals surface area contributed by atoms with Gasteiger partial charge in [0, 0.05) is 12.0 Å². The molecule has 0 unspecified atom stereocenters. The molecule has 0 aromatic heterocycles. The van der Waals surface area contributed by atoms with E-state index in [4.69, 9.17) is 5.73 Å². The number of hydrogen-bond donors (Lipinski definition) is 2. The van der Waals surface area contributed by atoms with E-state index in [1.54, 1.807) is 48.5 Å². The number of nitrogens with one attached hydrogen (secondary N) is 1. The molecule has 0 bridgehead atoms. The van der Waals surface area contributed by atoms with Crippen molar-refractivity contribution in [3.8, 4) is 0 Å². The molecule has 0 saturated heterocycles. The molecule has 0 saturated carbocycles. The Morgan fingerprint density at radius 1 is 1.05 bits per heavy atom. The van der Waals surface area contributed by atoms with Crippen LogP contribution in [0, 0.1) is 5.82 Å². The lowest BCUT2D eigenvalue weighted by Crippen LogP contribution is -2.46. The molecule has 21 heavy (non-hydrogen) atoms. The van der Waals surface area contributed by atoms with Crippen molar-refractivity contribution in [1.29, 1.82) is 0 Å². The van der Waals surface area contributed by atoms with Crippen LogP contribution >= 0.6 is 0 Å². The van der Waals surface area contributed by atoms with E-state index in [2.05, 4.69) is 5.32 Å². The van der Waals surface area contributed by atoms with Crippen molar-refractivity contribution >= 4 is 11.8 Å². The van der Waals surface area contributed by atoms with Crippen molar-refractivity contribution in [2.45, 2.75) is 12.5 Å². The molecule has 5 heteroatoms. The summed E-state index contributed by atoms with van der Waals surface area (Å²) in [4.78, 5) is 23.5. The number of hydrogen-bond acceptors (Lipinski definition) is 2. The predicted octanol–water partition coefficient (Wildman–Crippen LogP) is 1.65. The summed E-state index contributed by atoms with van der Waals surface area (Å²) in [6, 6.07) is 13.6. The Kier molecular flexibility index (Phi) is 4.66. The Morgan fingerprint density at radius 2 is 1.67 bits per heavy atom. The predicted molar refractivity (Wildman–Crippen MR) is 77.0 cm³/mol. The Morgan fingerprint density at radius 3 is 2.29 bits per heavy atom. The van der Waals surface area contributed by atoms with Crippen molar-refractivity contribution in [2.75, 3.05) is 0 Å². The second-order valence-electron chi connectivity index (χ2n) is 4.59. The van der Waals surface area contributed by atoms with Crippen molar-refractivity contribution in [1.82, 2.24) is 5.32 Å². The van der Waals surface area contributed by atoms with Crippen molar-refractivity contribution in [3.63, 3.8) is 0 Å². The van der Waals surface area contributed by atoms with Crippen LogP contribution < -0.4 is 11.1 Å². The van der Waals surface area contributed by atoms with Gasteiger partial charge >= 0.3 is 0 Å². The van der Waals surface area contributed by atoms with E-state index in [0.29, 0.717) is 11.1 Å². The van der Waals surface area contributed by atoms with Crippen LogP contribution in [0.3, 0.4) is 0 Å². The summed E-state index contributed by atoms with van der Waals surface area (Å²) >= 11 is 0. The quantitative estimate of drug-likeness (QED) is 0.877. The summed E-state index contributed by atoms with van der Waals surface area (Å²) in [6.45, 7) is 0. The molecule has 0 spiro atoms. The van der Waals surface area contributed by atoms with E-state index in [9.17, 15) is 14.0 Å². The molecule has 0 fully saturated rings. The highest BCUT2D eigenvalue weighted by Crippen LogP contribution is 2.10. The maximum absolute atomic E-state index is 13.6. The highest BCUT2D eigenvalue weighted by molar-refractivity contribution is 5.97. The van der Waals surface area contributed by atoms with Crippen LogP contribution in [0.4, 0.5) is 4.39 Å². The van der Waals surface area contributed by atoms with Gasteiger partial charge in [0.15, 0.2) is 0 Å². The van der Waals surface area contributed by atoms with Gasteiger partial charge in [-0.15, -0.1) is 0 Å². The number of carbonyl (C=O) groups is 2. The zero-order valence-corrected chi connectivity index (χ0v) is 11.3. The van der Waals surface area contributed by atoms with Gasteiger partial charge in [-0.05, 0) is 23.8 Å². The van der Waals surface area contributed by atoms with Crippen LogP contribution in [0.15, 0.2) is 54.6 Å². The number of rotatable bonds is 5. The van der Waals surface area contributed by atoms with Crippen LogP contribution in [0.5, 0.6) is 0 Å². The van der Waals surface area contributed by atoms with Gasteiger partial charge in [0.05, 0.1) is 0 Å². The van der Waals surface area contributed by atoms with Gasteiger partial charge in [0.1, 0.15) is 11.9 Å². The van der Waals surface area contributed by atoms with Gasteiger partial charge in [-0.1, -0.05) is 36.4 Å². The van der Waals surface area contributed by atoms with E-state index in [-0.39, 0.29) is 6.42 Å². The van der Waals surface area contributed by atoms with Gasteiger partial charge in [-0.2, -0.15) is 0 Å². The molecule has 2 aromatic rings. The maximum Gasteiger partial charge on any atom is 0.251 e. The lowest BCUT2D eigenvalue weighted by Gasteiger charge is -2.16. The number of nitrogens with two attached hydrogens (primary N) is 1. The molecule has 108 valence electrons. The Labute approximate surface area is 121 Å². The summed E-state index contributed by atoms with van der Waals surface area (Å²) in [6.07, 6.45) is 0.0145. The van der Waals surface area contributed by atoms with Crippen LogP contribution in [0.25, 0.3) is 0 Å². The summed E-state index contributed by atoms with van der Waals surface area (Å²) in [7, 11) is 0. The SMILES string of the molecule is NC(=O)[C@H](Cc1ccccc1F)NC(=O)c1ccccc1. The van der Waals surface area contributed by atoms with Gasteiger partial charge in [0.2, 0.25) is 5.91 Å². The minimum absolute atomic E-state index is 0.0145. The lowest BCUT2D eigenvalue weighted by atomic mass is 10.0. The van der Waals surface area contributed by atoms with Crippen LogP contribution in [0.1, 0.15) is 15.9 Å². The Hall–Kier alpha value is -2.69. The Balaban J connectivity index is 2.12. The average molecular weight is 286 g/mol. The topological polar surface area (TPSA) is 72.2 Å². The Bertz CT molecular complexity index is 644. The van der Waals surface area contributed by atoms with Gasteiger partial charge in [-0.25, -0.2) is 4.39 Å². The normalized spacial score (nSPS) is 11.7. The summed E-state index contributed by atoms with van der Waals surface area (Å²) in [5.41, 5.74) is 6.03. The number of amides is 2. The summed E-state index contributed by atoms with van der Waals surface area (Å²) in [5, 5.41) is 2.53. The fourth-order valence-corrected chi connectivity index (χ4v) is 1.94. The second-order valence-corrected chi connectivity index (χ2v) is 4.59. The van der Waals surface area contributed by atoms with E-state index < -0.39 is 23.7 Å². The molecule has 2 amide bonds. The van der Waals surface area contributed by atoms with E-state index in [1.807, 2.05) is 0 Å². The third-order valence-corrected chi connectivity index (χ3v) is 3.07. The average Bonchev–Trinajstić information content (AvgIpc) is 2.49. The first-order valence-corrected chi connectivity index (χ1v) is 6.46. The molecule has 0 radical (unpaired) electrons. The molecule has 4 nitrogen and oxygen atoms in total. The number of primary amides is 1. The second kappa shape index (κ2) is 6.65. The van der Waals surface area contributed by atoms with Gasteiger partial charge < -0.3 is 11.1 Å². The molecule has 0 aliphatic rings. The highest BCUT2D eigenvalue weighted by atomic mass is 19.1. The van der Waals surface area contributed by atoms with Crippen LogP contribution in [0.2, 0.25) is 0 Å². The molecule has 2 aromatic carbocycles. The van der Waals surface area contributed by atoms with Crippen molar-refractivity contribution in [2.24, 2.45) is 5.73 Å². The van der Waals surface area contributed by atoms with Crippen molar-refractivity contribution in [3.05, 3.63) is 71.5 Å². The number of halogens is 1. The minimum Gasteiger partial charge on any atom is -0.368 e. The molecule has 1 atom stereocenters. The zero-order chi connectivity index (χ0) is 15.2. The molecular formula is C16H15FN2O2. The molecular weight excluding hydrogens is 271 g/mol. The van der Waals surface area contributed by atoms with Crippen molar-refractivity contribution < 1.29 is 14.0 Å². The van der Waals surface area contributed by atoms with E-state index in [0.717, 1.165) is 0 Å². The third-order valence-electron chi connectivity index (χ3n) is 3.07. The first-order chi connectivity index (χ1) is 10.1. The summed E-state index contributed by atoms with van der Waals surface area (Å²) in [5.74, 6) is -1.56. The summed E-state index contributed by atoms with van der Waals surface area (Å²) < 4.78 is 13.6. The fraction of sp³-hybridized carbons (Fsp3) is 0.125. The first-order valence-electron chi connectivity index (χ1n) is 6.46. The molecule has 0 heterocycles. The fourth-order valence-electron chi connectivity index (χ4n) is 1.94.